The molecule has 0 unspecified atom stereocenters. The van der Waals surface area contributed by atoms with Crippen molar-refractivity contribution in [3.63, 3.8) is 0 Å². The van der Waals surface area contributed by atoms with Crippen LogP contribution in [0.4, 0.5) is 0 Å². The molecule has 0 radical (unpaired) electrons. The first-order chi connectivity index (χ1) is 8.70. The molecule has 0 aromatic heterocycles. The van der Waals surface area contributed by atoms with Crippen molar-refractivity contribution in [2.45, 2.75) is 25.7 Å². The summed E-state index contributed by atoms with van der Waals surface area (Å²) < 4.78 is 22.6. The normalized spacial score (nSPS) is 10.9. The van der Waals surface area contributed by atoms with Crippen LogP contribution in [-0.2, 0) is 10.0 Å². The minimum atomic E-state index is -3.81. The number of rotatable bonds is 4. The average Bonchev–Trinajstić information content (AvgIpc) is 2.26. The van der Waals surface area contributed by atoms with E-state index in [0.29, 0.717) is 12.1 Å². The topological polar surface area (TPSA) is 89.3 Å². The van der Waals surface area contributed by atoms with Crippen molar-refractivity contribution in [3.8, 4) is 0 Å². The highest BCUT2D eigenvalue weighted by Gasteiger charge is 2.13. The lowest BCUT2D eigenvalue weighted by Gasteiger charge is -2.06. The molecule has 1 rings (SSSR count). The van der Waals surface area contributed by atoms with Gasteiger partial charge in [0.2, 0.25) is 10.0 Å². The highest BCUT2D eigenvalue weighted by molar-refractivity contribution is 7.89. The smallest absolute Gasteiger partial charge is 0.251 e. The summed E-state index contributed by atoms with van der Waals surface area (Å²) >= 11 is 0. The summed E-state index contributed by atoms with van der Waals surface area (Å²) in [6, 6.07) is 4.33. The van der Waals surface area contributed by atoms with E-state index in [2.05, 4.69) is 5.32 Å². The zero-order valence-electron chi connectivity index (χ0n) is 11.2. The van der Waals surface area contributed by atoms with Crippen LogP contribution in [-0.4, -0.2) is 20.9 Å². The molecule has 0 aliphatic rings. The second kappa shape index (κ2) is 5.99. The van der Waals surface area contributed by atoms with Gasteiger partial charge in [-0.2, -0.15) is 0 Å². The molecule has 19 heavy (non-hydrogen) atoms. The summed E-state index contributed by atoms with van der Waals surface area (Å²) in [6.07, 6.45) is 1.87. The zero-order valence-corrected chi connectivity index (χ0v) is 12.0. The van der Waals surface area contributed by atoms with Crippen molar-refractivity contribution >= 4 is 15.9 Å². The van der Waals surface area contributed by atoms with E-state index in [4.69, 9.17) is 5.14 Å². The predicted molar refractivity (Wildman–Crippen MR) is 74.3 cm³/mol. The Morgan fingerprint density at radius 2 is 1.95 bits per heavy atom. The van der Waals surface area contributed by atoms with Crippen LogP contribution < -0.4 is 10.5 Å². The molecule has 0 aliphatic carbocycles. The van der Waals surface area contributed by atoms with Gasteiger partial charge in [0.05, 0.1) is 4.90 Å². The fraction of sp³-hybridized carbons (Fsp3) is 0.308. The standard InChI is InChI=1S/C13H18N2O3S/c1-9(2)4-5-15-13(16)11-6-10(3)7-12(8-11)19(14,17)18/h4,6-8H,5H2,1-3H3,(H,15,16)(H2,14,17,18). The fourth-order valence-corrected chi connectivity index (χ4v) is 2.13. The second-order valence-electron chi connectivity index (χ2n) is 4.57. The molecule has 0 fully saturated rings. The van der Waals surface area contributed by atoms with Crippen LogP contribution in [0.15, 0.2) is 34.7 Å². The number of amides is 1. The third kappa shape index (κ3) is 4.84. The number of nitrogens with one attached hydrogen (secondary N) is 1. The molecule has 1 aromatic rings. The maximum atomic E-state index is 11.9. The molecule has 6 heteroatoms. The van der Waals surface area contributed by atoms with Crippen LogP contribution in [0.3, 0.4) is 0 Å². The number of nitrogens with two attached hydrogens (primary N) is 1. The first-order valence-electron chi connectivity index (χ1n) is 5.76. The molecular weight excluding hydrogens is 264 g/mol. The third-order valence-electron chi connectivity index (χ3n) is 2.41. The Morgan fingerprint density at radius 3 is 2.47 bits per heavy atom. The number of sulfonamides is 1. The highest BCUT2D eigenvalue weighted by atomic mass is 32.2. The number of benzene rings is 1. The Balaban J connectivity index is 2.98. The molecule has 3 N–H and O–H groups in total. The predicted octanol–water partition coefficient (Wildman–Crippen LogP) is 1.34. The molecule has 0 heterocycles. The summed E-state index contributed by atoms with van der Waals surface area (Å²) in [5.74, 6) is -0.328. The van der Waals surface area contributed by atoms with Gasteiger partial charge in [-0.25, -0.2) is 13.6 Å². The third-order valence-corrected chi connectivity index (χ3v) is 3.31. The van der Waals surface area contributed by atoms with Gasteiger partial charge in [0.1, 0.15) is 0 Å². The van der Waals surface area contributed by atoms with Crippen molar-refractivity contribution in [1.29, 1.82) is 0 Å². The van der Waals surface area contributed by atoms with E-state index in [1.54, 1.807) is 13.0 Å². The lowest BCUT2D eigenvalue weighted by Crippen LogP contribution is -2.24. The van der Waals surface area contributed by atoms with Crippen molar-refractivity contribution < 1.29 is 13.2 Å². The van der Waals surface area contributed by atoms with E-state index in [0.717, 1.165) is 5.57 Å². The molecular formula is C13H18N2O3S. The first-order valence-corrected chi connectivity index (χ1v) is 7.31. The van der Waals surface area contributed by atoms with Crippen molar-refractivity contribution in [2.75, 3.05) is 6.54 Å². The maximum absolute atomic E-state index is 11.9. The van der Waals surface area contributed by atoms with Crippen LogP contribution in [0.25, 0.3) is 0 Å². The van der Waals surface area contributed by atoms with Crippen LogP contribution in [0.1, 0.15) is 29.8 Å². The van der Waals surface area contributed by atoms with E-state index in [-0.39, 0.29) is 16.4 Å². The molecule has 104 valence electrons. The summed E-state index contributed by atoms with van der Waals surface area (Å²) in [7, 11) is -3.81. The van der Waals surface area contributed by atoms with Gasteiger partial charge in [0, 0.05) is 12.1 Å². The number of allylic oxidation sites excluding steroid dienone is 1. The average molecular weight is 282 g/mol. The summed E-state index contributed by atoms with van der Waals surface area (Å²) in [6.45, 7) is 5.97. The number of carbonyl (C=O) groups excluding carboxylic acids is 1. The number of hydrogen-bond acceptors (Lipinski definition) is 3. The summed E-state index contributed by atoms with van der Waals surface area (Å²) in [4.78, 5) is 11.8. The van der Waals surface area contributed by atoms with Gasteiger partial charge < -0.3 is 5.32 Å². The van der Waals surface area contributed by atoms with Crippen molar-refractivity contribution in [2.24, 2.45) is 5.14 Å². The second-order valence-corrected chi connectivity index (χ2v) is 6.13. The number of hydrogen-bond donors (Lipinski definition) is 2. The Hall–Kier alpha value is -1.66. The highest BCUT2D eigenvalue weighted by Crippen LogP contribution is 2.13. The minimum absolute atomic E-state index is 0.0557. The van der Waals surface area contributed by atoms with E-state index >= 15 is 0 Å². The van der Waals surface area contributed by atoms with Crippen LogP contribution in [0.2, 0.25) is 0 Å². The lowest BCUT2D eigenvalue weighted by molar-refractivity contribution is 0.0957. The SMILES string of the molecule is CC(C)=CCNC(=O)c1cc(C)cc(S(N)(=O)=O)c1. The van der Waals surface area contributed by atoms with Gasteiger partial charge in [0.25, 0.3) is 5.91 Å². The van der Waals surface area contributed by atoms with Gasteiger partial charge in [0.15, 0.2) is 0 Å². The number of aryl methyl sites for hydroxylation is 1. The Labute approximate surface area is 113 Å². The molecule has 1 aromatic carbocycles. The Morgan fingerprint density at radius 1 is 1.32 bits per heavy atom. The zero-order chi connectivity index (χ0) is 14.6. The van der Waals surface area contributed by atoms with Crippen LogP contribution in [0, 0.1) is 6.92 Å². The maximum Gasteiger partial charge on any atom is 0.251 e. The summed E-state index contributed by atoms with van der Waals surface area (Å²) in [5.41, 5.74) is 2.04. The minimum Gasteiger partial charge on any atom is -0.349 e. The van der Waals surface area contributed by atoms with E-state index in [1.807, 2.05) is 19.9 Å². The van der Waals surface area contributed by atoms with Gasteiger partial charge >= 0.3 is 0 Å². The Kier molecular flexibility index (Phi) is 4.85. The largest absolute Gasteiger partial charge is 0.349 e. The van der Waals surface area contributed by atoms with E-state index < -0.39 is 10.0 Å². The van der Waals surface area contributed by atoms with Crippen molar-refractivity contribution in [3.05, 3.63) is 41.0 Å². The summed E-state index contributed by atoms with van der Waals surface area (Å²) in [5, 5.41) is 7.75. The molecule has 0 aliphatic heterocycles. The fourth-order valence-electron chi connectivity index (χ4n) is 1.49. The van der Waals surface area contributed by atoms with Crippen molar-refractivity contribution in [1.82, 2.24) is 5.32 Å². The van der Waals surface area contributed by atoms with Gasteiger partial charge in [-0.3, -0.25) is 4.79 Å². The van der Waals surface area contributed by atoms with Crippen LogP contribution in [0.5, 0.6) is 0 Å². The quantitative estimate of drug-likeness (QED) is 0.817. The van der Waals surface area contributed by atoms with Gasteiger partial charge in [-0.15, -0.1) is 0 Å². The van der Waals surface area contributed by atoms with E-state index in [1.165, 1.54) is 12.1 Å². The molecule has 0 spiro atoms. The monoisotopic (exact) mass is 282 g/mol. The molecule has 0 saturated heterocycles. The molecule has 1 amide bonds. The van der Waals surface area contributed by atoms with Gasteiger partial charge in [-0.05, 0) is 44.5 Å². The molecule has 0 saturated carbocycles. The molecule has 0 bridgehead atoms. The number of primary sulfonamides is 1. The van der Waals surface area contributed by atoms with Crippen LogP contribution >= 0.6 is 0 Å². The first kappa shape index (κ1) is 15.4. The molecule has 5 nitrogen and oxygen atoms in total. The number of carbonyl (C=O) groups is 1. The molecule has 0 atom stereocenters. The Bertz CT molecular complexity index is 615. The van der Waals surface area contributed by atoms with Gasteiger partial charge in [-0.1, -0.05) is 11.6 Å². The van der Waals surface area contributed by atoms with E-state index in [9.17, 15) is 13.2 Å². The lowest BCUT2D eigenvalue weighted by atomic mass is 10.1.